The Morgan fingerprint density at radius 3 is 2.75 bits per heavy atom. The average Bonchev–Trinajstić information content (AvgIpc) is 3.23. The summed E-state index contributed by atoms with van der Waals surface area (Å²) in [5.41, 5.74) is 4.12. The van der Waals surface area contributed by atoms with Crippen LogP contribution >= 0.6 is 15.9 Å². The number of nitrogens with zero attached hydrogens (tertiary/aromatic N) is 4. The summed E-state index contributed by atoms with van der Waals surface area (Å²) in [7, 11) is 0. The van der Waals surface area contributed by atoms with Gasteiger partial charge in [-0.15, -0.1) is 0 Å². The minimum Gasteiger partial charge on any atom is -0.339 e. The Hall–Kier alpha value is -2.47. The van der Waals surface area contributed by atoms with Crippen LogP contribution in [-0.2, 0) is 13.0 Å². The van der Waals surface area contributed by atoms with Crippen LogP contribution in [0.4, 0.5) is 0 Å². The Morgan fingerprint density at radius 1 is 1.12 bits per heavy atom. The third kappa shape index (κ3) is 2.85. The molecule has 0 saturated heterocycles. The van der Waals surface area contributed by atoms with Crippen LogP contribution in [0.3, 0.4) is 0 Å². The van der Waals surface area contributed by atoms with E-state index in [0.717, 1.165) is 33.2 Å². The second kappa shape index (κ2) is 6.20. The van der Waals surface area contributed by atoms with Crippen LogP contribution in [0.2, 0.25) is 0 Å². The van der Waals surface area contributed by atoms with Gasteiger partial charge in [0.15, 0.2) is 0 Å². The Labute approximate surface area is 147 Å². The summed E-state index contributed by atoms with van der Waals surface area (Å²) < 4.78 is 8.56. The van der Waals surface area contributed by atoms with E-state index in [0.29, 0.717) is 18.1 Å². The predicted molar refractivity (Wildman–Crippen MR) is 95.6 cm³/mol. The molecule has 120 valence electrons. The summed E-state index contributed by atoms with van der Waals surface area (Å²) in [6.45, 7) is 2.97. The number of hydrogen-bond donors (Lipinski definition) is 0. The first-order valence-electron chi connectivity index (χ1n) is 7.75. The molecular weight excluding hydrogens is 368 g/mol. The van der Waals surface area contributed by atoms with Crippen molar-refractivity contribution in [1.29, 1.82) is 0 Å². The van der Waals surface area contributed by atoms with Crippen molar-refractivity contribution in [2.45, 2.75) is 19.9 Å². The minimum atomic E-state index is 0.605. The molecule has 0 atom stereocenters. The molecule has 5 nitrogen and oxygen atoms in total. The highest BCUT2D eigenvalue weighted by Gasteiger charge is 2.11. The van der Waals surface area contributed by atoms with Crippen molar-refractivity contribution in [2.75, 3.05) is 0 Å². The summed E-state index contributed by atoms with van der Waals surface area (Å²) in [6.07, 6.45) is 2.47. The van der Waals surface area contributed by atoms with Crippen molar-refractivity contribution < 1.29 is 4.52 Å². The number of imidazole rings is 1. The van der Waals surface area contributed by atoms with Crippen molar-refractivity contribution in [1.82, 2.24) is 19.7 Å². The first-order chi connectivity index (χ1) is 11.7. The molecule has 0 spiro atoms. The van der Waals surface area contributed by atoms with Gasteiger partial charge in [-0.1, -0.05) is 33.2 Å². The Bertz CT molecular complexity index is 988. The maximum absolute atomic E-state index is 5.41. The van der Waals surface area contributed by atoms with E-state index >= 15 is 0 Å². The highest BCUT2D eigenvalue weighted by Crippen LogP contribution is 2.23. The van der Waals surface area contributed by atoms with Crippen molar-refractivity contribution in [2.24, 2.45) is 0 Å². The van der Waals surface area contributed by atoms with Crippen LogP contribution in [0, 0.1) is 0 Å². The largest absolute Gasteiger partial charge is 0.339 e. The number of halogens is 1. The van der Waals surface area contributed by atoms with E-state index in [2.05, 4.69) is 48.6 Å². The molecule has 6 heteroatoms. The van der Waals surface area contributed by atoms with Crippen molar-refractivity contribution in [3.8, 4) is 11.4 Å². The Balaban J connectivity index is 1.63. The zero-order chi connectivity index (χ0) is 16.5. The summed E-state index contributed by atoms with van der Waals surface area (Å²) in [5.74, 6) is 1.21. The molecule has 0 unspecified atom stereocenters. The third-order valence-electron chi connectivity index (χ3n) is 3.96. The van der Waals surface area contributed by atoms with Crippen LogP contribution in [0.5, 0.6) is 0 Å². The zero-order valence-electron chi connectivity index (χ0n) is 13.1. The maximum Gasteiger partial charge on any atom is 0.231 e. The molecule has 0 bridgehead atoms. The molecule has 0 aliphatic rings. The molecule has 4 rings (SSSR count). The van der Waals surface area contributed by atoms with Gasteiger partial charge >= 0.3 is 0 Å². The highest BCUT2D eigenvalue weighted by atomic mass is 79.9. The van der Waals surface area contributed by atoms with E-state index < -0.39 is 0 Å². The van der Waals surface area contributed by atoms with Crippen molar-refractivity contribution in [3.05, 3.63) is 64.7 Å². The van der Waals surface area contributed by atoms with Gasteiger partial charge in [0.05, 0.1) is 23.8 Å². The molecule has 4 aromatic rings. The van der Waals surface area contributed by atoms with Gasteiger partial charge in [-0.25, -0.2) is 4.98 Å². The number of aromatic nitrogens is 4. The molecule has 0 aliphatic heterocycles. The SMILES string of the molecule is CCn1cnc2ccc(-c3noc(Cc4ccc(Br)cc4)n3)cc21. The van der Waals surface area contributed by atoms with Gasteiger partial charge in [-0.3, -0.25) is 0 Å². The molecule has 0 saturated carbocycles. The fourth-order valence-corrected chi connectivity index (χ4v) is 2.93. The Morgan fingerprint density at radius 2 is 1.96 bits per heavy atom. The number of benzene rings is 2. The molecule has 2 aromatic heterocycles. The van der Waals surface area contributed by atoms with Gasteiger partial charge < -0.3 is 9.09 Å². The van der Waals surface area contributed by atoms with Gasteiger partial charge in [-0.2, -0.15) is 4.98 Å². The Kier molecular flexibility index (Phi) is 3.90. The molecule has 0 fully saturated rings. The maximum atomic E-state index is 5.41. The summed E-state index contributed by atoms with van der Waals surface area (Å²) in [6, 6.07) is 14.1. The van der Waals surface area contributed by atoms with E-state index in [1.807, 2.05) is 42.7 Å². The van der Waals surface area contributed by atoms with Gasteiger partial charge in [0.2, 0.25) is 11.7 Å². The standard InChI is InChI=1S/C18H15BrN4O/c1-2-23-11-20-15-8-5-13(10-16(15)23)18-21-17(24-22-18)9-12-3-6-14(19)7-4-12/h3-8,10-11H,2,9H2,1H3. The van der Waals surface area contributed by atoms with E-state index in [9.17, 15) is 0 Å². The third-order valence-corrected chi connectivity index (χ3v) is 4.49. The van der Waals surface area contributed by atoms with Crippen LogP contribution in [0.25, 0.3) is 22.4 Å². The van der Waals surface area contributed by atoms with Gasteiger partial charge in [0.1, 0.15) is 0 Å². The van der Waals surface area contributed by atoms with Crippen molar-refractivity contribution >= 4 is 27.0 Å². The van der Waals surface area contributed by atoms with E-state index in [1.165, 1.54) is 0 Å². The first-order valence-corrected chi connectivity index (χ1v) is 8.54. The van der Waals surface area contributed by atoms with Crippen LogP contribution in [0.1, 0.15) is 18.4 Å². The monoisotopic (exact) mass is 382 g/mol. The van der Waals surface area contributed by atoms with E-state index in [-0.39, 0.29) is 0 Å². The van der Waals surface area contributed by atoms with Crippen LogP contribution in [0.15, 0.2) is 57.8 Å². The van der Waals surface area contributed by atoms with E-state index in [1.54, 1.807) is 0 Å². The molecule has 2 aromatic carbocycles. The molecule has 0 aliphatic carbocycles. The van der Waals surface area contributed by atoms with Crippen LogP contribution < -0.4 is 0 Å². The molecule has 0 N–H and O–H groups in total. The minimum absolute atomic E-state index is 0.605. The number of rotatable bonds is 4. The lowest BCUT2D eigenvalue weighted by atomic mass is 10.1. The normalized spacial score (nSPS) is 11.2. The smallest absolute Gasteiger partial charge is 0.231 e. The number of fused-ring (bicyclic) bond motifs is 1. The predicted octanol–water partition coefficient (Wildman–Crippen LogP) is 4.46. The quantitative estimate of drug-likeness (QED) is 0.522. The number of hydrogen-bond acceptors (Lipinski definition) is 4. The summed E-state index contributed by atoms with van der Waals surface area (Å²) in [5, 5.41) is 4.12. The highest BCUT2D eigenvalue weighted by molar-refractivity contribution is 9.10. The van der Waals surface area contributed by atoms with Crippen molar-refractivity contribution in [3.63, 3.8) is 0 Å². The lowest BCUT2D eigenvalue weighted by Crippen LogP contribution is -1.91. The fourth-order valence-electron chi connectivity index (χ4n) is 2.67. The molecule has 2 heterocycles. The van der Waals surface area contributed by atoms with Crippen LogP contribution in [-0.4, -0.2) is 19.7 Å². The molecule has 24 heavy (non-hydrogen) atoms. The average molecular weight is 383 g/mol. The van der Waals surface area contributed by atoms with E-state index in [4.69, 9.17) is 4.52 Å². The fraction of sp³-hybridized carbons (Fsp3) is 0.167. The molecular formula is C18H15BrN4O. The number of aryl methyl sites for hydroxylation is 1. The molecule has 0 radical (unpaired) electrons. The van der Waals surface area contributed by atoms with Gasteiger partial charge in [0.25, 0.3) is 0 Å². The second-order valence-corrected chi connectivity index (χ2v) is 6.46. The summed E-state index contributed by atoms with van der Waals surface area (Å²) >= 11 is 3.44. The first kappa shape index (κ1) is 15.1. The second-order valence-electron chi connectivity index (χ2n) is 5.55. The summed E-state index contributed by atoms with van der Waals surface area (Å²) in [4.78, 5) is 8.91. The van der Waals surface area contributed by atoms with Gasteiger partial charge in [-0.05, 0) is 42.8 Å². The van der Waals surface area contributed by atoms with Gasteiger partial charge in [0, 0.05) is 16.6 Å². The lowest BCUT2D eigenvalue weighted by Gasteiger charge is -2.00. The topological polar surface area (TPSA) is 56.7 Å². The zero-order valence-corrected chi connectivity index (χ0v) is 14.7. The molecule has 0 amide bonds. The lowest BCUT2D eigenvalue weighted by molar-refractivity contribution is 0.385.